The number of benzene rings is 2. The number of phenolic OH excluding ortho intramolecular Hbond substituents is 1. The quantitative estimate of drug-likeness (QED) is 0.387. The first-order chi connectivity index (χ1) is 15.6. The number of nitrogen functional groups attached to an aromatic ring is 1. The van der Waals surface area contributed by atoms with Gasteiger partial charge >= 0.3 is 0 Å². The van der Waals surface area contributed by atoms with Crippen molar-refractivity contribution in [2.75, 3.05) is 23.7 Å². The first-order valence-corrected chi connectivity index (χ1v) is 10.5. The number of nitrogens with zero attached hydrogens (tertiary/aromatic N) is 4. The van der Waals surface area contributed by atoms with Crippen LogP contribution in [-0.4, -0.2) is 33.4 Å². The summed E-state index contributed by atoms with van der Waals surface area (Å²) in [5.74, 6) is -0.573. The van der Waals surface area contributed by atoms with Crippen LogP contribution in [0, 0.1) is 12.4 Å². The number of rotatable bonds is 3. The average molecular weight is 428 g/mol. The summed E-state index contributed by atoms with van der Waals surface area (Å²) in [6, 6.07) is 11.8. The second-order valence-corrected chi connectivity index (χ2v) is 7.89. The number of piperidine rings is 1. The van der Waals surface area contributed by atoms with E-state index in [0.29, 0.717) is 22.4 Å². The van der Waals surface area contributed by atoms with Crippen molar-refractivity contribution < 1.29 is 9.50 Å². The lowest BCUT2D eigenvalue weighted by molar-refractivity contribution is 0.469. The highest BCUT2D eigenvalue weighted by molar-refractivity contribution is 6.09. The van der Waals surface area contributed by atoms with Crippen LogP contribution in [0.25, 0.3) is 38.3 Å². The fraction of sp³-hybridized carbons (Fsp3) is 0.208. The molecule has 5 rings (SSSR count). The minimum atomic E-state index is -0.670. The number of aromatic amines is 1. The number of nitrogens with one attached hydrogen (secondary N) is 1. The number of pyridine rings is 1. The zero-order valence-electron chi connectivity index (χ0n) is 17.3. The molecule has 0 spiro atoms. The Balaban J connectivity index is 1.71. The number of hydrogen-bond acceptors (Lipinski definition) is 5. The predicted octanol–water partition coefficient (Wildman–Crippen LogP) is 5.26. The fourth-order valence-electron chi connectivity index (χ4n) is 4.33. The minimum Gasteiger partial charge on any atom is -0.508 e. The normalized spacial score (nSPS) is 13.9. The minimum absolute atomic E-state index is 0.114. The van der Waals surface area contributed by atoms with E-state index in [-0.39, 0.29) is 22.7 Å². The summed E-state index contributed by atoms with van der Waals surface area (Å²) >= 11 is 0. The number of anilines is 2. The molecule has 1 aliphatic rings. The Kier molecular flexibility index (Phi) is 4.86. The number of hydrogen-bond donors (Lipinski definition) is 3. The third-order valence-electron chi connectivity index (χ3n) is 5.90. The third kappa shape index (κ3) is 3.28. The predicted molar refractivity (Wildman–Crippen MR) is 123 cm³/mol. The molecule has 3 heterocycles. The Morgan fingerprint density at radius 3 is 2.53 bits per heavy atom. The maximum Gasteiger partial charge on any atom is 0.221 e. The number of nitrogens with two attached hydrogens (primary N) is 1. The van der Waals surface area contributed by atoms with Gasteiger partial charge in [0.1, 0.15) is 17.4 Å². The van der Waals surface area contributed by atoms with Gasteiger partial charge in [-0.05, 0) is 49.1 Å². The van der Waals surface area contributed by atoms with Crippen LogP contribution in [0.15, 0.2) is 42.5 Å². The third-order valence-corrected chi connectivity index (χ3v) is 5.90. The van der Waals surface area contributed by atoms with E-state index in [1.54, 1.807) is 0 Å². The second kappa shape index (κ2) is 7.85. The molecule has 0 atom stereocenters. The summed E-state index contributed by atoms with van der Waals surface area (Å²) in [7, 11) is 0. The van der Waals surface area contributed by atoms with Gasteiger partial charge in [0.15, 0.2) is 5.65 Å². The Morgan fingerprint density at radius 2 is 1.84 bits per heavy atom. The molecule has 4 aromatic rings. The van der Waals surface area contributed by atoms with Gasteiger partial charge in [-0.25, -0.2) is 14.2 Å². The van der Waals surface area contributed by atoms with Crippen molar-refractivity contribution in [2.45, 2.75) is 19.3 Å². The van der Waals surface area contributed by atoms with E-state index >= 15 is 0 Å². The molecule has 160 valence electrons. The SMILES string of the molecule is [C-]#[N+]c1c(-c2ccc(O)cc2F)nc2n[nH]c(N)c2c1-c1ccc(N2CCCCC2)cc1. The van der Waals surface area contributed by atoms with E-state index in [4.69, 9.17) is 12.3 Å². The maximum atomic E-state index is 14.7. The molecule has 0 unspecified atom stereocenters. The highest BCUT2D eigenvalue weighted by atomic mass is 19.1. The molecular formula is C24H21FN6O. The summed E-state index contributed by atoms with van der Waals surface area (Å²) in [4.78, 5) is 10.5. The Bertz CT molecular complexity index is 1350. The van der Waals surface area contributed by atoms with E-state index in [1.165, 1.54) is 31.4 Å². The molecule has 1 saturated heterocycles. The molecule has 8 heteroatoms. The van der Waals surface area contributed by atoms with Crippen molar-refractivity contribution in [1.82, 2.24) is 15.2 Å². The zero-order chi connectivity index (χ0) is 22.2. The topological polar surface area (TPSA) is 95.4 Å². The zero-order valence-corrected chi connectivity index (χ0v) is 17.3. The van der Waals surface area contributed by atoms with E-state index in [2.05, 4.69) is 24.9 Å². The first-order valence-electron chi connectivity index (χ1n) is 10.5. The molecule has 0 saturated carbocycles. The highest BCUT2D eigenvalue weighted by Gasteiger charge is 2.23. The Labute approximate surface area is 184 Å². The molecule has 0 radical (unpaired) electrons. The van der Waals surface area contributed by atoms with Crippen molar-refractivity contribution >= 4 is 28.2 Å². The van der Waals surface area contributed by atoms with Crippen LogP contribution in [0.5, 0.6) is 5.75 Å². The van der Waals surface area contributed by atoms with Crippen molar-refractivity contribution in [3.8, 4) is 28.1 Å². The smallest absolute Gasteiger partial charge is 0.221 e. The van der Waals surface area contributed by atoms with Crippen molar-refractivity contribution in [3.63, 3.8) is 0 Å². The fourth-order valence-corrected chi connectivity index (χ4v) is 4.33. The molecule has 1 fully saturated rings. The molecule has 2 aromatic heterocycles. The first kappa shape index (κ1) is 19.8. The summed E-state index contributed by atoms with van der Waals surface area (Å²) in [5.41, 5.74) is 9.37. The number of aromatic hydroxyl groups is 1. The van der Waals surface area contributed by atoms with Gasteiger partial charge in [0, 0.05) is 36.0 Å². The number of phenols is 1. The maximum absolute atomic E-state index is 14.7. The molecular weight excluding hydrogens is 407 g/mol. The molecule has 4 N–H and O–H groups in total. The van der Waals surface area contributed by atoms with Crippen LogP contribution in [-0.2, 0) is 0 Å². The standard InChI is InChI=1S/C24H21FN6O/c1-27-22-19(14-5-7-15(8-6-14)31-11-3-2-4-12-31)20-23(26)29-30-24(20)28-21(22)17-10-9-16(32)13-18(17)25/h5-10,13,32H,2-4,11-12H2,(H3,26,28,29,30). The number of H-pyrrole nitrogens is 1. The van der Waals surface area contributed by atoms with E-state index in [1.807, 2.05) is 24.3 Å². The highest BCUT2D eigenvalue weighted by Crippen LogP contribution is 2.45. The van der Waals surface area contributed by atoms with Gasteiger partial charge in [-0.15, -0.1) is 0 Å². The van der Waals surface area contributed by atoms with Crippen LogP contribution >= 0.6 is 0 Å². The molecule has 32 heavy (non-hydrogen) atoms. The summed E-state index contributed by atoms with van der Waals surface area (Å²) in [5, 5.41) is 17.0. The Morgan fingerprint density at radius 1 is 1.09 bits per heavy atom. The van der Waals surface area contributed by atoms with Gasteiger partial charge in [-0.3, -0.25) is 5.10 Å². The molecule has 0 aliphatic carbocycles. The lowest BCUT2D eigenvalue weighted by Crippen LogP contribution is -2.29. The van der Waals surface area contributed by atoms with Gasteiger partial charge in [-0.2, -0.15) is 5.10 Å². The van der Waals surface area contributed by atoms with Crippen LogP contribution in [0.2, 0.25) is 0 Å². The van der Waals surface area contributed by atoms with Gasteiger partial charge in [-0.1, -0.05) is 12.1 Å². The Hall–Kier alpha value is -4.12. The monoisotopic (exact) mass is 428 g/mol. The van der Waals surface area contributed by atoms with Gasteiger partial charge in [0.25, 0.3) is 0 Å². The number of fused-ring (bicyclic) bond motifs is 1. The van der Waals surface area contributed by atoms with E-state index < -0.39 is 5.82 Å². The van der Waals surface area contributed by atoms with Crippen LogP contribution in [0.4, 0.5) is 21.6 Å². The number of halogens is 1. The molecule has 0 bridgehead atoms. The van der Waals surface area contributed by atoms with Crippen molar-refractivity contribution in [2.24, 2.45) is 0 Å². The summed E-state index contributed by atoms with van der Waals surface area (Å²) < 4.78 is 14.7. The molecule has 1 aliphatic heterocycles. The van der Waals surface area contributed by atoms with Gasteiger partial charge < -0.3 is 15.7 Å². The van der Waals surface area contributed by atoms with Crippen molar-refractivity contribution in [3.05, 3.63) is 59.7 Å². The van der Waals surface area contributed by atoms with E-state index in [0.717, 1.165) is 30.4 Å². The molecule has 2 aromatic carbocycles. The van der Waals surface area contributed by atoms with Gasteiger partial charge in [0.05, 0.1) is 17.7 Å². The lowest BCUT2D eigenvalue weighted by Gasteiger charge is -2.29. The van der Waals surface area contributed by atoms with Gasteiger partial charge in [0.2, 0.25) is 5.69 Å². The lowest BCUT2D eigenvalue weighted by atomic mass is 9.96. The number of aromatic nitrogens is 3. The van der Waals surface area contributed by atoms with Crippen LogP contribution in [0.1, 0.15) is 19.3 Å². The molecule has 7 nitrogen and oxygen atoms in total. The summed E-state index contributed by atoms with van der Waals surface area (Å²) in [6.07, 6.45) is 3.62. The largest absolute Gasteiger partial charge is 0.508 e. The second-order valence-electron chi connectivity index (χ2n) is 7.89. The summed E-state index contributed by atoms with van der Waals surface area (Å²) in [6.45, 7) is 9.94. The van der Waals surface area contributed by atoms with Crippen LogP contribution < -0.4 is 10.6 Å². The van der Waals surface area contributed by atoms with Crippen molar-refractivity contribution in [1.29, 1.82) is 0 Å². The average Bonchev–Trinajstić information content (AvgIpc) is 3.19. The van der Waals surface area contributed by atoms with E-state index in [9.17, 15) is 9.50 Å². The van der Waals surface area contributed by atoms with Crippen LogP contribution in [0.3, 0.4) is 0 Å². The molecule has 0 amide bonds.